The van der Waals surface area contributed by atoms with E-state index in [9.17, 15) is 4.79 Å². The molecule has 4 nitrogen and oxygen atoms in total. The number of carbonyl (C=O) groups excluding carboxylic acids is 1. The molecule has 20 heavy (non-hydrogen) atoms. The molecular weight excluding hydrogens is 250 g/mol. The first kappa shape index (κ1) is 13.4. The lowest BCUT2D eigenvalue weighted by atomic mass is 9.84. The molecule has 108 valence electrons. The van der Waals surface area contributed by atoms with Gasteiger partial charge < -0.3 is 15.1 Å². The average molecular weight is 273 g/mol. The van der Waals surface area contributed by atoms with Crippen molar-refractivity contribution in [1.29, 1.82) is 0 Å². The Bertz CT molecular complexity index is 492. The molecule has 3 aliphatic rings. The highest BCUT2D eigenvalue weighted by atomic mass is 16.1. The van der Waals surface area contributed by atoms with Gasteiger partial charge >= 0.3 is 0 Å². The number of nitrogens with one attached hydrogen (secondary N) is 1. The molecule has 3 saturated heterocycles. The molecule has 1 unspecified atom stereocenters. The molecule has 4 heteroatoms. The van der Waals surface area contributed by atoms with Crippen LogP contribution in [0.3, 0.4) is 0 Å². The van der Waals surface area contributed by atoms with Gasteiger partial charge in [-0.2, -0.15) is 0 Å². The van der Waals surface area contributed by atoms with E-state index in [0.29, 0.717) is 12.0 Å². The monoisotopic (exact) mass is 273 g/mol. The lowest BCUT2D eigenvalue weighted by molar-refractivity contribution is 0.0620. The number of hydrogen-bond acceptors (Lipinski definition) is 3. The number of piperidine rings is 3. The summed E-state index contributed by atoms with van der Waals surface area (Å²) in [4.78, 5) is 16.9. The van der Waals surface area contributed by atoms with Gasteiger partial charge in [-0.25, -0.2) is 0 Å². The Morgan fingerprint density at radius 2 is 2.05 bits per heavy atom. The molecule has 1 aromatic rings. The molecule has 0 aromatic heterocycles. The second kappa shape index (κ2) is 5.44. The van der Waals surface area contributed by atoms with Gasteiger partial charge in [-0.3, -0.25) is 4.79 Å². The van der Waals surface area contributed by atoms with E-state index in [1.165, 1.54) is 25.9 Å². The Morgan fingerprint density at radius 1 is 1.30 bits per heavy atom. The van der Waals surface area contributed by atoms with Gasteiger partial charge in [0.15, 0.2) is 0 Å². The van der Waals surface area contributed by atoms with Gasteiger partial charge in [-0.05, 0) is 50.0 Å². The van der Waals surface area contributed by atoms with Crippen LogP contribution in [0.1, 0.15) is 23.2 Å². The van der Waals surface area contributed by atoms with Gasteiger partial charge in [0, 0.05) is 37.9 Å². The predicted molar refractivity (Wildman–Crippen MR) is 81.2 cm³/mol. The maximum absolute atomic E-state index is 12.4. The van der Waals surface area contributed by atoms with Crippen LogP contribution in [0.15, 0.2) is 24.3 Å². The number of fused-ring (bicyclic) bond motifs is 3. The molecule has 1 amide bonds. The molecule has 0 spiro atoms. The summed E-state index contributed by atoms with van der Waals surface area (Å²) in [5.74, 6) is 0.730. The number of rotatable bonds is 3. The zero-order valence-corrected chi connectivity index (χ0v) is 12.3. The van der Waals surface area contributed by atoms with Crippen LogP contribution in [0.2, 0.25) is 0 Å². The van der Waals surface area contributed by atoms with E-state index in [1.807, 2.05) is 43.3 Å². The Labute approximate surface area is 120 Å². The molecule has 0 radical (unpaired) electrons. The van der Waals surface area contributed by atoms with Gasteiger partial charge in [0.25, 0.3) is 5.91 Å². The van der Waals surface area contributed by atoms with Gasteiger partial charge in [0.2, 0.25) is 0 Å². The van der Waals surface area contributed by atoms with E-state index < -0.39 is 0 Å². The van der Waals surface area contributed by atoms with E-state index in [4.69, 9.17) is 0 Å². The Hall–Kier alpha value is -1.55. The molecule has 1 aromatic carbocycles. The highest BCUT2D eigenvalue weighted by Gasteiger charge is 2.34. The topological polar surface area (TPSA) is 35.6 Å². The Kier molecular flexibility index (Phi) is 3.66. The molecule has 1 N–H and O–H groups in total. The fourth-order valence-corrected chi connectivity index (χ4v) is 3.31. The first-order valence-electron chi connectivity index (χ1n) is 7.44. The molecule has 4 rings (SSSR count). The van der Waals surface area contributed by atoms with E-state index in [1.54, 1.807) is 0 Å². The van der Waals surface area contributed by atoms with E-state index in [2.05, 4.69) is 10.2 Å². The molecule has 2 bridgehead atoms. The van der Waals surface area contributed by atoms with Crippen molar-refractivity contribution in [3.8, 4) is 0 Å². The predicted octanol–water partition coefficient (Wildman–Crippen LogP) is 1.58. The summed E-state index contributed by atoms with van der Waals surface area (Å²) in [5.41, 5.74) is 1.82. The van der Waals surface area contributed by atoms with Crippen LogP contribution in [0.5, 0.6) is 0 Å². The van der Waals surface area contributed by atoms with Crippen LogP contribution >= 0.6 is 0 Å². The third-order valence-electron chi connectivity index (χ3n) is 4.60. The zero-order valence-electron chi connectivity index (χ0n) is 12.3. The average Bonchev–Trinajstić information content (AvgIpc) is 2.48. The smallest absolute Gasteiger partial charge is 0.251 e. The number of hydrogen-bond donors (Lipinski definition) is 1. The van der Waals surface area contributed by atoms with Crippen molar-refractivity contribution < 1.29 is 4.79 Å². The molecule has 0 aliphatic carbocycles. The Morgan fingerprint density at radius 3 is 2.65 bits per heavy atom. The maximum Gasteiger partial charge on any atom is 0.251 e. The molecule has 3 aliphatic heterocycles. The number of carbonyl (C=O) groups is 1. The summed E-state index contributed by atoms with van der Waals surface area (Å²) < 4.78 is 0. The third kappa shape index (κ3) is 2.66. The van der Waals surface area contributed by atoms with Crippen molar-refractivity contribution in [1.82, 2.24) is 10.2 Å². The lowest BCUT2D eigenvalue weighted by Crippen LogP contribution is -2.57. The quantitative estimate of drug-likeness (QED) is 0.908. The van der Waals surface area contributed by atoms with Crippen molar-refractivity contribution >= 4 is 11.6 Å². The summed E-state index contributed by atoms with van der Waals surface area (Å²) in [6.45, 7) is 3.42. The first-order valence-corrected chi connectivity index (χ1v) is 7.44. The van der Waals surface area contributed by atoms with Crippen molar-refractivity contribution in [3.63, 3.8) is 0 Å². The van der Waals surface area contributed by atoms with Crippen molar-refractivity contribution in [2.75, 3.05) is 38.6 Å². The minimum Gasteiger partial charge on any atom is -0.378 e. The van der Waals surface area contributed by atoms with Crippen LogP contribution in [0.25, 0.3) is 0 Å². The van der Waals surface area contributed by atoms with Crippen molar-refractivity contribution in [2.45, 2.75) is 18.9 Å². The van der Waals surface area contributed by atoms with E-state index in [0.717, 1.165) is 17.8 Å². The van der Waals surface area contributed by atoms with Gasteiger partial charge in [-0.15, -0.1) is 0 Å². The maximum atomic E-state index is 12.4. The van der Waals surface area contributed by atoms with Gasteiger partial charge in [0.1, 0.15) is 0 Å². The van der Waals surface area contributed by atoms with Crippen LogP contribution in [0.4, 0.5) is 5.69 Å². The number of benzene rings is 1. The summed E-state index contributed by atoms with van der Waals surface area (Å²) in [6.07, 6.45) is 2.45. The summed E-state index contributed by atoms with van der Waals surface area (Å²) >= 11 is 0. The summed E-state index contributed by atoms with van der Waals surface area (Å²) in [6, 6.07) is 8.14. The summed E-state index contributed by atoms with van der Waals surface area (Å²) in [7, 11) is 3.98. The second-order valence-corrected chi connectivity index (χ2v) is 6.16. The largest absolute Gasteiger partial charge is 0.378 e. The number of nitrogens with zero attached hydrogens (tertiary/aromatic N) is 2. The lowest BCUT2D eigenvalue weighted by Gasteiger charge is -2.44. The van der Waals surface area contributed by atoms with Crippen molar-refractivity contribution in [2.24, 2.45) is 5.92 Å². The van der Waals surface area contributed by atoms with Crippen LogP contribution in [0, 0.1) is 5.92 Å². The number of anilines is 1. The highest BCUT2D eigenvalue weighted by Crippen LogP contribution is 2.27. The van der Waals surface area contributed by atoms with E-state index >= 15 is 0 Å². The SMILES string of the molecule is CN(C)c1cccc(C(=O)NC2CN3CCC2CC3)c1. The zero-order chi connectivity index (χ0) is 14.1. The number of amides is 1. The Balaban J connectivity index is 1.68. The standard InChI is InChI=1S/C16H23N3O/c1-18(2)14-5-3-4-13(10-14)16(20)17-15-11-19-8-6-12(15)7-9-19/h3-5,10,12,15H,6-9,11H2,1-2H3,(H,17,20). The van der Waals surface area contributed by atoms with Crippen LogP contribution in [-0.4, -0.2) is 50.6 Å². The fourth-order valence-electron chi connectivity index (χ4n) is 3.31. The molecule has 3 fully saturated rings. The van der Waals surface area contributed by atoms with Gasteiger partial charge in [-0.1, -0.05) is 6.07 Å². The minimum absolute atomic E-state index is 0.0625. The third-order valence-corrected chi connectivity index (χ3v) is 4.60. The molecule has 0 saturated carbocycles. The molecule has 1 atom stereocenters. The van der Waals surface area contributed by atoms with Crippen molar-refractivity contribution in [3.05, 3.63) is 29.8 Å². The summed E-state index contributed by atoms with van der Waals surface area (Å²) in [5, 5.41) is 3.23. The first-order chi connectivity index (χ1) is 9.63. The second-order valence-electron chi connectivity index (χ2n) is 6.16. The van der Waals surface area contributed by atoms with E-state index in [-0.39, 0.29) is 5.91 Å². The highest BCUT2D eigenvalue weighted by molar-refractivity contribution is 5.95. The van der Waals surface area contributed by atoms with Gasteiger partial charge in [0.05, 0.1) is 0 Å². The van der Waals surface area contributed by atoms with Crippen LogP contribution in [-0.2, 0) is 0 Å². The van der Waals surface area contributed by atoms with Crippen LogP contribution < -0.4 is 10.2 Å². The molecular formula is C16H23N3O. The molecule has 3 heterocycles. The normalized spacial score (nSPS) is 28.2. The fraction of sp³-hybridized carbons (Fsp3) is 0.562. The minimum atomic E-state index is 0.0625.